The van der Waals surface area contributed by atoms with Gasteiger partial charge in [0, 0.05) is 24.7 Å². The molecule has 5 nitrogen and oxygen atoms in total. The van der Waals surface area contributed by atoms with Crippen molar-refractivity contribution in [1.29, 1.82) is 0 Å². The maximum atomic E-state index is 12.0. The van der Waals surface area contributed by atoms with E-state index in [1.54, 1.807) is 24.2 Å². The van der Waals surface area contributed by atoms with Gasteiger partial charge in [-0.25, -0.2) is 4.79 Å². The number of nitrogens with zero attached hydrogens (tertiary/aromatic N) is 1. The van der Waals surface area contributed by atoms with E-state index in [1.807, 2.05) is 32.0 Å². The molecule has 0 saturated heterocycles. The summed E-state index contributed by atoms with van der Waals surface area (Å²) in [6.45, 7) is 8.21. The molecule has 5 heteroatoms. The summed E-state index contributed by atoms with van der Waals surface area (Å²) < 4.78 is 10.2. The number of rotatable bonds is 8. The Bertz CT molecular complexity index is 592. The lowest BCUT2D eigenvalue weighted by molar-refractivity contribution is -0.147. The van der Waals surface area contributed by atoms with E-state index < -0.39 is 5.97 Å². The molecule has 0 bridgehead atoms. The highest BCUT2D eigenvalue weighted by molar-refractivity contribution is 5.89. The van der Waals surface area contributed by atoms with E-state index >= 15 is 0 Å². The minimum atomic E-state index is -0.573. The van der Waals surface area contributed by atoms with E-state index in [9.17, 15) is 9.59 Å². The molecular weight excluding hydrogens is 294 g/mol. The van der Waals surface area contributed by atoms with E-state index in [0.717, 1.165) is 11.1 Å². The molecule has 0 radical (unpaired) electrons. The van der Waals surface area contributed by atoms with E-state index in [-0.39, 0.29) is 12.5 Å². The first-order chi connectivity index (χ1) is 11.0. The minimum absolute atomic E-state index is 0.241. The molecule has 0 aliphatic carbocycles. The van der Waals surface area contributed by atoms with Crippen molar-refractivity contribution >= 4 is 18.0 Å². The molecule has 0 N–H and O–H groups in total. The molecule has 0 fully saturated rings. The molecule has 0 aliphatic heterocycles. The van der Waals surface area contributed by atoms with Crippen LogP contribution in [0.3, 0.4) is 0 Å². The Labute approximate surface area is 137 Å². The number of para-hydroxylation sites is 1. The molecule has 0 spiro atoms. The zero-order chi connectivity index (χ0) is 17.2. The number of carbonyl (C=O) groups excluding carboxylic acids is 2. The minimum Gasteiger partial charge on any atom is -0.496 e. The average Bonchev–Trinajstić information content (AvgIpc) is 2.55. The summed E-state index contributed by atoms with van der Waals surface area (Å²) in [6, 6.07) is 7.30. The molecule has 1 aromatic carbocycles. The summed E-state index contributed by atoms with van der Waals surface area (Å²) in [4.78, 5) is 25.3. The average molecular weight is 317 g/mol. The molecule has 1 amide bonds. The van der Waals surface area contributed by atoms with Crippen LogP contribution in [0.15, 0.2) is 42.5 Å². The third-order valence-electron chi connectivity index (χ3n) is 3.07. The van der Waals surface area contributed by atoms with Gasteiger partial charge >= 0.3 is 5.97 Å². The first-order valence-electron chi connectivity index (χ1n) is 7.38. The summed E-state index contributed by atoms with van der Waals surface area (Å²) in [5.74, 6) is -0.156. The second-order valence-corrected chi connectivity index (χ2v) is 5.05. The summed E-state index contributed by atoms with van der Waals surface area (Å²) in [6.07, 6.45) is 2.87. The quantitative estimate of drug-likeness (QED) is 0.420. The number of benzene rings is 1. The molecule has 1 rings (SSSR count). The van der Waals surface area contributed by atoms with Gasteiger partial charge in [-0.05, 0) is 26.0 Å². The smallest absolute Gasteiger partial charge is 0.331 e. The van der Waals surface area contributed by atoms with Crippen LogP contribution in [0.4, 0.5) is 0 Å². The van der Waals surface area contributed by atoms with Gasteiger partial charge in [0.25, 0.3) is 5.91 Å². The van der Waals surface area contributed by atoms with Crippen molar-refractivity contribution < 1.29 is 19.1 Å². The summed E-state index contributed by atoms with van der Waals surface area (Å²) in [7, 11) is 1.56. The van der Waals surface area contributed by atoms with Crippen LogP contribution < -0.4 is 4.74 Å². The Morgan fingerprint density at radius 3 is 2.61 bits per heavy atom. The lowest BCUT2D eigenvalue weighted by Crippen LogP contribution is -2.35. The predicted octanol–water partition coefficient (Wildman–Crippen LogP) is 2.68. The van der Waals surface area contributed by atoms with Gasteiger partial charge in [-0.1, -0.05) is 30.4 Å². The largest absolute Gasteiger partial charge is 0.496 e. The molecule has 124 valence electrons. The monoisotopic (exact) mass is 317 g/mol. The molecular formula is C18H23NO4. The lowest BCUT2D eigenvalue weighted by Gasteiger charge is -2.20. The number of likely N-dealkylation sites (N-methyl/N-ethyl adjacent to an activating group) is 1. The second-order valence-electron chi connectivity index (χ2n) is 5.05. The van der Waals surface area contributed by atoms with Gasteiger partial charge in [-0.15, -0.1) is 0 Å². The van der Waals surface area contributed by atoms with Crippen molar-refractivity contribution in [2.45, 2.75) is 13.8 Å². The zero-order valence-corrected chi connectivity index (χ0v) is 13.9. The highest BCUT2D eigenvalue weighted by Crippen LogP contribution is 2.18. The second kappa shape index (κ2) is 9.46. The number of amides is 1. The predicted molar refractivity (Wildman–Crippen MR) is 90.1 cm³/mol. The topological polar surface area (TPSA) is 55.8 Å². The SMILES string of the molecule is C=C(C)CN(CC)C(=O)COC(=O)/C=C/c1ccccc1OC. The Kier molecular flexibility index (Phi) is 7.60. The van der Waals surface area contributed by atoms with Gasteiger partial charge in [0.15, 0.2) is 6.61 Å². The van der Waals surface area contributed by atoms with Crippen molar-refractivity contribution in [3.63, 3.8) is 0 Å². The molecule has 23 heavy (non-hydrogen) atoms. The molecule has 0 unspecified atom stereocenters. The van der Waals surface area contributed by atoms with Crippen LogP contribution >= 0.6 is 0 Å². The maximum Gasteiger partial charge on any atom is 0.331 e. The molecule has 1 aromatic rings. The van der Waals surface area contributed by atoms with Crippen LogP contribution in [0.1, 0.15) is 19.4 Å². The number of esters is 1. The normalized spacial score (nSPS) is 10.4. The van der Waals surface area contributed by atoms with Crippen LogP contribution in [0.25, 0.3) is 6.08 Å². The van der Waals surface area contributed by atoms with E-state index in [1.165, 1.54) is 6.08 Å². The van der Waals surface area contributed by atoms with Crippen molar-refractivity contribution in [2.24, 2.45) is 0 Å². The molecule has 0 atom stereocenters. The fraction of sp³-hybridized carbons (Fsp3) is 0.333. The molecule has 0 saturated carbocycles. The molecule has 0 aromatic heterocycles. The van der Waals surface area contributed by atoms with Gasteiger partial charge in [-0.2, -0.15) is 0 Å². The van der Waals surface area contributed by atoms with Crippen LogP contribution in [-0.4, -0.2) is 43.6 Å². The number of hydrogen-bond donors (Lipinski definition) is 0. The lowest BCUT2D eigenvalue weighted by atomic mass is 10.2. The van der Waals surface area contributed by atoms with Gasteiger partial charge in [0.1, 0.15) is 5.75 Å². The number of hydrogen-bond acceptors (Lipinski definition) is 4. The fourth-order valence-corrected chi connectivity index (χ4v) is 1.94. The molecule has 0 heterocycles. The molecule has 0 aliphatic rings. The first kappa shape index (κ1) is 18.5. The van der Waals surface area contributed by atoms with E-state index in [4.69, 9.17) is 9.47 Å². The third-order valence-corrected chi connectivity index (χ3v) is 3.07. The summed E-state index contributed by atoms with van der Waals surface area (Å²) >= 11 is 0. The van der Waals surface area contributed by atoms with Gasteiger partial charge < -0.3 is 14.4 Å². The standard InChI is InChI=1S/C18H23NO4/c1-5-19(12-14(2)3)17(20)13-23-18(21)11-10-15-8-6-7-9-16(15)22-4/h6-11H,2,5,12-13H2,1,3-4H3/b11-10+. The van der Waals surface area contributed by atoms with Crippen LogP contribution in [0, 0.1) is 0 Å². The van der Waals surface area contributed by atoms with Crippen LogP contribution in [0.5, 0.6) is 5.75 Å². The van der Waals surface area contributed by atoms with E-state index in [0.29, 0.717) is 18.8 Å². The Hall–Kier alpha value is -2.56. The van der Waals surface area contributed by atoms with Gasteiger partial charge in [0.05, 0.1) is 7.11 Å². The van der Waals surface area contributed by atoms with Crippen molar-refractivity contribution in [1.82, 2.24) is 4.90 Å². The maximum absolute atomic E-state index is 12.0. The first-order valence-corrected chi connectivity index (χ1v) is 7.38. The number of carbonyl (C=O) groups is 2. The summed E-state index contributed by atoms with van der Waals surface area (Å²) in [5.41, 5.74) is 1.64. The van der Waals surface area contributed by atoms with Crippen molar-refractivity contribution in [2.75, 3.05) is 26.8 Å². The zero-order valence-electron chi connectivity index (χ0n) is 13.9. The van der Waals surface area contributed by atoms with Crippen molar-refractivity contribution in [3.8, 4) is 5.75 Å². The third kappa shape index (κ3) is 6.38. The Balaban J connectivity index is 2.55. The van der Waals surface area contributed by atoms with E-state index in [2.05, 4.69) is 6.58 Å². The van der Waals surface area contributed by atoms with Crippen LogP contribution in [0.2, 0.25) is 0 Å². The summed E-state index contributed by atoms with van der Waals surface area (Å²) in [5, 5.41) is 0. The fourth-order valence-electron chi connectivity index (χ4n) is 1.94. The number of methoxy groups -OCH3 is 1. The van der Waals surface area contributed by atoms with Crippen molar-refractivity contribution in [3.05, 3.63) is 48.1 Å². The van der Waals surface area contributed by atoms with Gasteiger partial charge in [0.2, 0.25) is 0 Å². The van der Waals surface area contributed by atoms with Gasteiger partial charge in [-0.3, -0.25) is 4.79 Å². The highest BCUT2D eigenvalue weighted by atomic mass is 16.5. The number of ether oxygens (including phenoxy) is 2. The van der Waals surface area contributed by atoms with Crippen LogP contribution in [-0.2, 0) is 14.3 Å². The Morgan fingerprint density at radius 2 is 2.00 bits per heavy atom. The highest BCUT2D eigenvalue weighted by Gasteiger charge is 2.13. The Morgan fingerprint density at radius 1 is 1.30 bits per heavy atom.